The molecule has 0 aromatic rings. The number of amides is 1. The van der Waals surface area contributed by atoms with Crippen molar-refractivity contribution in [2.45, 2.75) is 52.7 Å². The standard InChI is InChI=1S/C15H31N3O2/c1-12(2)17-10-13-6-8-18(11-13)9-7-16-14(19)20-15(3,4)5/h12-13,17H,6-11H2,1-5H3,(H,16,19). The van der Waals surface area contributed by atoms with E-state index in [9.17, 15) is 4.79 Å². The van der Waals surface area contributed by atoms with Crippen molar-refractivity contribution in [3.8, 4) is 0 Å². The van der Waals surface area contributed by atoms with E-state index in [0.717, 1.165) is 32.1 Å². The predicted octanol–water partition coefficient (Wildman–Crippen LogP) is 1.83. The second kappa shape index (κ2) is 7.84. The van der Waals surface area contributed by atoms with E-state index in [2.05, 4.69) is 29.4 Å². The van der Waals surface area contributed by atoms with Crippen molar-refractivity contribution in [1.29, 1.82) is 0 Å². The van der Waals surface area contributed by atoms with Gasteiger partial charge in [0.25, 0.3) is 0 Å². The van der Waals surface area contributed by atoms with Crippen molar-refractivity contribution in [2.75, 3.05) is 32.7 Å². The van der Waals surface area contributed by atoms with Gasteiger partial charge in [-0.15, -0.1) is 0 Å². The van der Waals surface area contributed by atoms with E-state index >= 15 is 0 Å². The molecule has 5 nitrogen and oxygen atoms in total. The van der Waals surface area contributed by atoms with Gasteiger partial charge in [-0.05, 0) is 46.2 Å². The van der Waals surface area contributed by atoms with Gasteiger partial charge in [0, 0.05) is 25.7 Å². The fraction of sp³-hybridized carbons (Fsp3) is 0.933. The second-order valence-electron chi connectivity index (χ2n) is 6.95. The molecule has 0 spiro atoms. The molecule has 1 aliphatic rings. The van der Waals surface area contributed by atoms with Crippen LogP contribution in [-0.2, 0) is 4.74 Å². The normalized spacial score (nSPS) is 20.4. The summed E-state index contributed by atoms with van der Waals surface area (Å²) in [6, 6.07) is 0.554. The van der Waals surface area contributed by atoms with E-state index in [1.165, 1.54) is 6.42 Å². The lowest BCUT2D eigenvalue weighted by Gasteiger charge is -2.21. The van der Waals surface area contributed by atoms with Gasteiger partial charge in [0.2, 0.25) is 0 Å². The molecule has 1 aliphatic heterocycles. The lowest BCUT2D eigenvalue weighted by atomic mass is 10.1. The van der Waals surface area contributed by atoms with Crippen LogP contribution in [0.4, 0.5) is 4.79 Å². The highest BCUT2D eigenvalue weighted by Gasteiger charge is 2.22. The van der Waals surface area contributed by atoms with Crippen molar-refractivity contribution in [3.63, 3.8) is 0 Å². The predicted molar refractivity (Wildman–Crippen MR) is 81.9 cm³/mol. The average Bonchev–Trinajstić information content (AvgIpc) is 2.72. The van der Waals surface area contributed by atoms with Gasteiger partial charge in [0.05, 0.1) is 0 Å². The van der Waals surface area contributed by atoms with Gasteiger partial charge in [-0.3, -0.25) is 0 Å². The molecule has 1 saturated heterocycles. The molecule has 0 bridgehead atoms. The maximum Gasteiger partial charge on any atom is 0.407 e. The molecule has 1 heterocycles. The zero-order valence-corrected chi connectivity index (χ0v) is 13.7. The van der Waals surface area contributed by atoms with E-state index in [4.69, 9.17) is 4.74 Å². The molecule has 0 aromatic heterocycles. The average molecular weight is 285 g/mol. The highest BCUT2D eigenvalue weighted by Crippen LogP contribution is 2.14. The van der Waals surface area contributed by atoms with Gasteiger partial charge in [0.15, 0.2) is 0 Å². The summed E-state index contributed by atoms with van der Waals surface area (Å²) in [7, 11) is 0. The monoisotopic (exact) mass is 285 g/mol. The third-order valence-electron chi connectivity index (χ3n) is 3.28. The van der Waals surface area contributed by atoms with Crippen LogP contribution in [0.5, 0.6) is 0 Å². The summed E-state index contributed by atoms with van der Waals surface area (Å²) >= 11 is 0. The van der Waals surface area contributed by atoms with Crippen LogP contribution in [0.15, 0.2) is 0 Å². The van der Waals surface area contributed by atoms with Gasteiger partial charge in [-0.1, -0.05) is 13.8 Å². The van der Waals surface area contributed by atoms with E-state index < -0.39 is 5.60 Å². The molecular formula is C15H31N3O2. The lowest BCUT2D eigenvalue weighted by molar-refractivity contribution is 0.0523. The summed E-state index contributed by atoms with van der Waals surface area (Å²) in [4.78, 5) is 13.9. The number of carbonyl (C=O) groups excluding carboxylic acids is 1. The number of nitrogens with zero attached hydrogens (tertiary/aromatic N) is 1. The van der Waals surface area contributed by atoms with E-state index in [-0.39, 0.29) is 6.09 Å². The molecule has 1 fully saturated rings. The van der Waals surface area contributed by atoms with Crippen LogP contribution in [0.2, 0.25) is 0 Å². The zero-order valence-electron chi connectivity index (χ0n) is 13.7. The summed E-state index contributed by atoms with van der Waals surface area (Å²) in [5, 5.41) is 6.30. The van der Waals surface area contributed by atoms with Crippen molar-refractivity contribution < 1.29 is 9.53 Å². The Labute approximate surface area is 123 Å². The first kappa shape index (κ1) is 17.2. The first-order valence-electron chi connectivity index (χ1n) is 7.69. The van der Waals surface area contributed by atoms with Crippen LogP contribution in [0.3, 0.4) is 0 Å². The van der Waals surface area contributed by atoms with E-state index in [1.54, 1.807) is 0 Å². The Hall–Kier alpha value is -0.810. The SMILES string of the molecule is CC(C)NCC1CCN(CCNC(=O)OC(C)(C)C)C1. The van der Waals surface area contributed by atoms with Gasteiger partial charge in [-0.25, -0.2) is 4.79 Å². The Balaban J connectivity index is 2.10. The summed E-state index contributed by atoms with van der Waals surface area (Å²) in [6.45, 7) is 14.9. The van der Waals surface area contributed by atoms with Gasteiger partial charge >= 0.3 is 6.09 Å². The lowest BCUT2D eigenvalue weighted by Crippen LogP contribution is -2.37. The van der Waals surface area contributed by atoms with Crippen LogP contribution in [-0.4, -0.2) is 55.4 Å². The molecule has 0 radical (unpaired) electrons. The molecule has 1 rings (SSSR count). The molecule has 0 aliphatic carbocycles. The smallest absolute Gasteiger partial charge is 0.407 e. The minimum Gasteiger partial charge on any atom is -0.444 e. The van der Waals surface area contributed by atoms with E-state index in [1.807, 2.05) is 20.8 Å². The quantitative estimate of drug-likeness (QED) is 0.782. The highest BCUT2D eigenvalue weighted by molar-refractivity contribution is 5.67. The van der Waals surface area contributed by atoms with Gasteiger partial charge in [0.1, 0.15) is 5.60 Å². The number of hydrogen-bond donors (Lipinski definition) is 2. The summed E-state index contributed by atoms with van der Waals surface area (Å²) in [5.74, 6) is 0.735. The maximum atomic E-state index is 11.5. The number of rotatable bonds is 6. The Morgan fingerprint density at radius 3 is 2.70 bits per heavy atom. The topological polar surface area (TPSA) is 53.6 Å². The van der Waals surface area contributed by atoms with E-state index in [0.29, 0.717) is 12.6 Å². The van der Waals surface area contributed by atoms with Crippen LogP contribution < -0.4 is 10.6 Å². The molecule has 1 unspecified atom stereocenters. The molecular weight excluding hydrogens is 254 g/mol. The fourth-order valence-electron chi connectivity index (χ4n) is 2.32. The zero-order chi connectivity index (χ0) is 15.2. The van der Waals surface area contributed by atoms with Crippen molar-refractivity contribution in [2.24, 2.45) is 5.92 Å². The van der Waals surface area contributed by atoms with Crippen LogP contribution in [0, 0.1) is 5.92 Å². The third-order valence-corrected chi connectivity index (χ3v) is 3.28. The Morgan fingerprint density at radius 2 is 2.10 bits per heavy atom. The molecule has 1 amide bonds. The van der Waals surface area contributed by atoms with Gasteiger partial charge < -0.3 is 20.3 Å². The first-order chi connectivity index (χ1) is 9.26. The Kier molecular flexibility index (Phi) is 6.76. The molecule has 5 heteroatoms. The van der Waals surface area contributed by atoms with Crippen molar-refractivity contribution in [1.82, 2.24) is 15.5 Å². The fourth-order valence-corrected chi connectivity index (χ4v) is 2.32. The van der Waals surface area contributed by atoms with Crippen molar-refractivity contribution >= 4 is 6.09 Å². The molecule has 1 atom stereocenters. The van der Waals surface area contributed by atoms with Crippen LogP contribution in [0.25, 0.3) is 0 Å². The van der Waals surface area contributed by atoms with Gasteiger partial charge in [-0.2, -0.15) is 0 Å². The highest BCUT2D eigenvalue weighted by atomic mass is 16.6. The second-order valence-corrected chi connectivity index (χ2v) is 6.95. The molecule has 2 N–H and O–H groups in total. The molecule has 20 heavy (non-hydrogen) atoms. The largest absolute Gasteiger partial charge is 0.444 e. The number of alkyl carbamates (subject to hydrolysis) is 1. The molecule has 0 aromatic carbocycles. The minimum absolute atomic E-state index is 0.324. The summed E-state index contributed by atoms with van der Waals surface area (Å²) in [6.07, 6.45) is 0.918. The first-order valence-corrected chi connectivity index (χ1v) is 7.69. The number of hydrogen-bond acceptors (Lipinski definition) is 4. The molecule has 0 saturated carbocycles. The summed E-state index contributed by atoms with van der Waals surface area (Å²) in [5.41, 5.74) is -0.425. The number of ether oxygens (including phenoxy) is 1. The maximum absolute atomic E-state index is 11.5. The minimum atomic E-state index is -0.425. The number of likely N-dealkylation sites (tertiary alicyclic amines) is 1. The molecule has 118 valence electrons. The Bertz CT molecular complexity index is 300. The van der Waals surface area contributed by atoms with Crippen LogP contribution in [0.1, 0.15) is 41.0 Å². The summed E-state index contributed by atoms with van der Waals surface area (Å²) < 4.78 is 5.21. The van der Waals surface area contributed by atoms with Crippen LogP contribution >= 0.6 is 0 Å². The Morgan fingerprint density at radius 1 is 1.40 bits per heavy atom. The third kappa shape index (κ3) is 7.70. The number of carbonyl (C=O) groups is 1. The number of nitrogens with one attached hydrogen (secondary N) is 2. The van der Waals surface area contributed by atoms with Crippen molar-refractivity contribution in [3.05, 3.63) is 0 Å².